The van der Waals surface area contributed by atoms with E-state index in [0.717, 1.165) is 24.8 Å². The normalized spacial score (nSPS) is 15.0. The van der Waals surface area contributed by atoms with E-state index in [1.165, 1.54) is 9.80 Å². The second-order valence-corrected chi connectivity index (χ2v) is 6.33. The number of benzene rings is 1. The molecule has 0 aliphatic carbocycles. The van der Waals surface area contributed by atoms with Crippen molar-refractivity contribution in [3.8, 4) is 0 Å². The molecular weight excluding hydrogens is 332 g/mol. The van der Waals surface area contributed by atoms with Crippen molar-refractivity contribution < 1.29 is 19.5 Å². The van der Waals surface area contributed by atoms with Crippen LogP contribution in [-0.4, -0.2) is 52.3 Å². The molecule has 1 fully saturated rings. The average Bonchev–Trinajstić information content (AvgIpc) is 2.73. The van der Waals surface area contributed by atoms with Crippen LogP contribution in [-0.2, 0) is 20.9 Å². The Kier molecular flexibility index (Phi) is 6.61. The van der Waals surface area contributed by atoms with Crippen molar-refractivity contribution in [2.24, 2.45) is 0 Å². The zero-order valence-electron chi connectivity index (χ0n) is 13.4. The van der Waals surface area contributed by atoms with Crippen LogP contribution in [0.3, 0.4) is 0 Å². The molecule has 1 aromatic rings. The molecule has 1 aromatic carbocycles. The Balaban J connectivity index is 2.05. The first kappa shape index (κ1) is 18.3. The standard InChI is InChI=1S/C17H21ClN2O4/c18-14-7-5-13(6-8-14)10-20(12-17(23)24)16(22)11-19-9-3-1-2-4-15(19)21/h5-8H,1-4,9-12H2,(H,23,24). The molecule has 0 aromatic heterocycles. The van der Waals surface area contributed by atoms with Crippen molar-refractivity contribution in [2.45, 2.75) is 32.2 Å². The predicted molar refractivity (Wildman–Crippen MR) is 89.6 cm³/mol. The van der Waals surface area contributed by atoms with Crippen LogP contribution in [0.4, 0.5) is 0 Å². The Labute approximate surface area is 146 Å². The molecule has 1 N–H and O–H groups in total. The fraction of sp³-hybridized carbons (Fsp3) is 0.471. The van der Waals surface area contributed by atoms with Crippen LogP contribution >= 0.6 is 11.6 Å². The summed E-state index contributed by atoms with van der Waals surface area (Å²) in [6.45, 7) is 0.250. The van der Waals surface area contributed by atoms with Gasteiger partial charge in [0.1, 0.15) is 6.54 Å². The quantitative estimate of drug-likeness (QED) is 0.851. The molecule has 0 spiro atoms. The first-order valence-electron chi connectivity index (χ1n) is 7.97. The van der Waals surface area contributed by atoms with Crippen LogP contribution in [0.15, 0.2) is 24.3 Å². The SMILES string of the molecule is O=C(O)CN(Cc1ccc(Cl)cc1)C(=O)CN1CCCCCC1=O. The van der Waals surface area contributed by atoms with E-state index in [-0.39, 0.29) is 24.9 Å². The number of hydrogen-bond acceptors (Lipinski definition) is 3. The summed E-state index contributed by atoms with van der Waals surface area (Å²) in [6, 6.07) is 6.89. The Bertz CT molecular complexity index is 603. The van der Waals surface area contributed by atoms with E-state index in [4.69, 9.17) is 16.7 Å². The number of likely N-dealkylation sites (tertiary alicyclic amines) is 1. The van der Waals surface area contributed by atoms with Gasteiger partial charge in [0.15, 0.2) is 0 Å². The molecule has 130 valence electrons. The number of carboxylic acid groups (broad SMARTS) is 1. The van der Waals surface area contributed by atoms with Crippen LogP contribution in [0.2, 0.25) is 5.02 Å². The Morgan fingerprint density at radius 2 is 1.88 bits per heavy atom. The van der Waals surface area contributed by atoms with Gasteiger partial charge in [-0.2, -0.15) is 0 Å². The van der Waals surface area contributed by atoms with Gasteiger partial charge in [-0.1, -0.05) is 30.2 Å². The van der Waals surface area contributed by atoms with Crippen LogP contribution in [0.25, 0.3) is 0 Å². The lowest BCUT2D eigenvalue weighted by Crippen LogP contribution is -2.44. The second-order valence-electron chi connectivity index (χ2n) is 5.90. The van der Waals surface area contributed by atoms with Gasteiger partial charge in [-0.15, -0.1) is 0 Å². The molecule has 1 heterocycles. The molecule has 24 heavy (non-hydrogen) atoms. The molecule has 0 saturated carbocycles. The maximum atomic E-state index is 12.5. The highest BCUT2D eigenvalue weighted by atomic mass is 35.5. The number of halogens is 1. The van der Waals surface area contributed by atoms with E-state index < -0.39 is 12.5 Å². The van der Waals surface area contributed by atoms with Crippen LogP contribution in [0.5, 0.6) is 0 Å². The maximum Gasteiger partial charge on any atom is 0.323 e. The summed E-state index contributed by atoms with van der Waals surface area (Å²) in [4.78, 5) is 38.4. The van der Waals surface area contributed by atoms with Gasteiger partial charge in [0.25, 0.3) is 0 Å². The fourth-order valence-electron chi connectivity index (χ4n) is 2.67. The summed E-state index contributed by atoms with van der Waals surface area (Å²) >= 11 is 5.84. The monoisotopic (exact) mass is 352 g/mol. The lowest BCUT2D eigenvalue weighted by atomic mass is 10.2. The van der Waals surface area contributed by atoms with Crippen molar-refractivity contribution in [3.63, 3.8) is 0 Å². The molecule has 6 nitrogen and oxygen atoms in total. The van der Waals surface area contributed by atoms with Gasteiger partial charge in [0, 0.05) is 24.5 Å². The molecule has 2 amide bonds. The van der Waals surface area contributed by atoms with Crippen molar-refractivity contribution in [1.29, 1.82) is 0 Å². The van der Waals surface area contributed by atoms with E-state index >= 15 is 0 Å². The summed E-state index contributed by atoms with van der Waals surface area (Å²) in [5.41, 5.74) is 0.788. The summed E-state index contributed by atoms with van der Waals surface area (Å²) in [5, 5.41) is 9.64. The zero-order valence-corrected chi connectivity index (χ0v) is 14.2. The van der Waals surface area contributed by atoms with Gasteiger partial charge in [-0.3, -0.25) is 14.4 Å². The largest absolute Gasteiger partial charge is 0.480 e. The van der Waals surface area contributed by atoms with Crippen molar-refractivity contribution in [3.05, 3.63) is 34.9 Å². The highest BCUT2D eigenvalue weighted by molar-refractivity contribution is 6.30. The number of carboxylic acids is 1. The van der Waals surface area contributed by atoms with Gasteiger partial charge in [0.2, 0.25) is 11.8 Å². The summed E-state index contributed by atoms with van der Waals surface area (Å²) < 4.78 is 0. The number of carbonyl (C=O) groups excluding carboxylic acids is 2. The number of aliphatic carboxylic acids is 1. The molecule has 0 atom stereocenters. The first-order valence-corrected chi connectivity index (χ1v) is 8.35. The van der Waals surface area contributed by atoms with Gasteiger partial charge >= 0.3 is 5.97 Å². The molecule has 7 heteroatoms. The zero-order chi connectivity index (χ0) is 17.5. The molecule has 0 bridgehead atoms. The number of carbonyl (C=O) groups is 3. The Morgan fingerprint density at radius 1 is 1.17 bits per heavy atom. The van der Waals surface area contributed by atoms with Gasteiger partial charge in [0.05, 0.1) is 6.54 Å². The molecule has 1 aliphatic heterocycles. The predicted octanol–water partition coefficient (Wildman–Crippen LogP) is 2.16. The van der Waals surface area contributed by atoms with E-state index in [9.17, 15) is 14.4 Å². The summed E-state index contributed by atoms with van der Waals surface area (Å²) in [6.07, 6.45) is 3.13. The lowest BCUT2D eigenvalue weighted by Gasteiger charge is -2.26. The fourth-order valence-corrected chi connectivity index (χ4v) is 2.80. The second kappa shape index (κ2) is 8.68. The van der Waals surface area contributed by atoms with Crippen LogP contribution < -0.4 is 0 Å². The van der Waals surface area contributed by atoms with Gasteiger partial charge < -0.3 is 14.9 Å². The molecule has 0 unspecified atom stereocenters. The third-order valence-corrected chi connectivity index (χ3v) is 4.21. The Morgan fingerprint density at radius 3 is 2.54 bits per heavy atom. The number of nitrogens with zero attached hydrogens (tertiary/aromatic N) is 2. The van der Waals surface area contributed by atoms with E-state index in [1.54, 1.807) is 24.3 Å². The number of hydrogen-bond donors (Lipinski definition) is 1. The van der Waals surface area contributed by atoms with E-state index in [2.05, 4.69) is 0 Å². The number of amides is 2. The van der Waals surface area contributed by atoms with Crippen molar-refractivity contribution in [2.75, 3.05) is 19.6 Å². The Hall–Kier alpha value is -2.08. The van der Waals surface area contributed by atoms with Crippen molar-refractivity contribution in [1.82, 2.24) is 9.80 Å². The highest BCUT2D eigenvalue weighted by Crippen LogP contribution is 2.14. The summed E-state index contributed by atoms with van der Waals surface area (Å²) in [5.74, 6) is -1.48. The van der Waals surface area contributed by atoms with Gasteiger partial charge in [-0.05, 0) is 30.5 Å². The third-order valence-electron chi connectivity index (χ3n) is 3.96. The van der Waals surface area contributed by atoms with E-state index in [0.29, 0.717) is 18.0 Å². The minimum absolute atomic E-state index is 0.0392. The number of rotatable bonds is 6. The molecule has 2 rings (SSSR count). The van der Waals surface area contributed by atoms with Gasteiger partial charge in [-0.25, -0.2) is 0 Å². The van der Waals surface area contributed by atoms with Crippen LogP contribution in [0, 0.1) is 0 Å². The molecular formula is C17H21ClN2O4. The molecule has 0 radical (unpaired) electrons. The minimum atomic E-state index is -1.08. The highest BCUT2D eigenvalue weighted by Gasteiger charge is 2.23. The average molecular weight is 353 g/mol. The molecule has 1 aliphatic rings. The van der Waals surface area contributed by atoms with Crippen LogP contribution in [0.1, 0.15) is 31.2 Å². The maximum absolute atomic E-state index is 12.5. The van der Waals surface area contributed by atoms with Crippen molar-refractivity contribution >= 4 is 29.4 Å². The smallest absolute Gasteiger partial charge is 0.323 e. The first-order chi connectivity index (χ1) is 11.5. The van der Waals surface area contributed by atoms with E-state index in [1.807, 2.05) is 0 Å². The summed E-state index contributed by atoms with van der Waals surface area (Å²) in [7, 11) is 0. The molecule has 1 saturated heterocycles. The third kappa shape index (κ3) is 5.53. The minimum Gasteiger partial charge on any atom is -0.480 e. The lowest BCUT2D eigenvalue weighted by molar-refractivity contribution is -0.146. The topological polar surface area (TPSA) is 77.9 Å².